The molecule has 0 aromatic heterocycles. The Morgan fingerprint density at radius 2 is 2.00 bits per heavy atom. The molecule has 1 aliphatic carbocycles. The van der Waals surface area contributed by atoms with Gasteiger partial charge in [-0.2, -0.15) is 0 Å². The first-order chi connectivity index (χ1) is 5.75. The van der Waals surface area contributed by atoms with Crippen LogP contribution in [0.3, 0.4) is 0 Å². The van der Waals surface area contributed by atoms with Crippen molar-refractivity contribution in [3.8, 4) is 0 Å². The zero-order valence-electron chi connectivity index (χ0n) is 7.88. The zero-order valence-corrected chi connectivity index (χ0v) is 7.88. The quantitative estimate of drug-likeness (QED) is 0.690. The standard InChI is InChI=1S/C10H19NO/c1-2-9(10(11)12)8-6-4-3-5-7-8/h8-9H,2-7H2,1H3,(H2,11,12)/t9-/m0/s1. The predicted octanol–water partition coefficient (Wildman–Crippen LogP) is 2.08. The Morgan fingerprint density at radius 3 is 2.42 bits per heavy atom. The first-order valence-corrected chi connectivity index (χ1v) is 5.05. The van der Waals surface area contributed by atoms with Gasteiger partial charge in [0.15, 0.2) is 0 Å². The minimum atomic E-state index is -0.0931. The van der Waals surface area contributed by atoms with Gasteiger partial charge < -0.3 is 5.73 Å². The van der Waals surface area contributed by atoms with E-state index >= 15 is 0 Å². The van der Waals surface area contributed by atoms with Gasteiger partial charge in [0.1, 0.15) is 0 Å². The van der Waals surface area contributed by atoms with E-state index in [4.69, 9.17) is 5.73 Å². The van der Waals surface area contributed by atoms with Gasteiger partial charge in [-0.05, 0) is 25.2 Å². The second kappa shape index (κ2) is 4.48. The van der Waals surface area contributed by atoms with Gasteiger partial charge >= 0.3 is 0 Å². The SMILES string of the molecule is CC[C@H](C(N)=O)C1CCCCC1. The summed E-state index contributed by atoms with van der Waals surface area (Å²) < 4.78 is 0. The Bertz CT molecular complexity index is 150. The first kappa shape index (κ1) is 9.56. The summed E-state index contributed by atoms with van der Waals surface area (Å²) in [5, 5.41) is 0. The minimum Gasteiger partial charge on any atom is -0.369 e. The van der Waals surface area contributed by atoms with Gasteiger partial charge in [0.2, 0.25) is 5.91 Å². The molecule has 1 rings (SSSR count). The van der Waals surface area contributed by atoms with Crippen molar-refractivity contribution >= 4 is 5.91 Å². The van der Waals surface area contributed by atoms with E-state index in [9.17, 15) is 4.79 Å². The number of carbonyl (C=O) groups is 1. The second-order valence-electron chi connectivity index (χ2n) is 3.82. The third-order valence-electron chi connectivity index (χ3n) is 3.02. The fraction of sp³-hybridized carbons (Fsp3) is 0.900. The fourth-order valence-electron chi connectivity index (χ4n) is 2.30. The lowest BCUT2D eigenvalue weighted by molar-refractivity contribution is -0.123. The van der Waals surface area contributed by atoms with E-state index in [-0.39, 0.29) is 11.8 Å². The van der Waals surface area contributed by atoms with Crippen molar-refractivity contribution < 1.29 is 4.79 Å². The van der Waals surface area contributed by atoms with Crippen molar-refractivity contribution in [2.45, 2.75) is 45.4 Å². The molecule has 0 spiro atoms. The van der Waals surface area contributed by atoms with E-state index in [0.29, 0.717) is 5.92 Å². The molecule has 1 aliphatic rings. The zero-order chi connectivity index (χ0) is 8.97. The van der Waals surface area contributed by atoms with E-state index in [1.165, 1.54) is 32.1 Å². The van der Waals surface area contributed by atoms with Crippen molar-refractivity contribution in [3.63, 3.8) is 0 Å². The maximum atomic E-state index is 11.1. The summed E-state index contributed by atoms with van der Waals surface area (Å²) in [6.07, 6.45) is 7.25. The highest BCUT2D eigenvalue weighted by Gasteiger charge is 2.25. The highest BCUT2D eigenvalue weighted by molar-refractivity contribution is 5.76. The van der Waals surface area contributed by atoms with Gasteiger partial charge in [0.25, 0.3) is 0 Å². The molecule has 70 valence electrons. The van der Waals surface area contributed by atoms with Crippen molar-refractivity contribution in [1.29, 1.82) is 0 Å². The summed E-state index contributed by atoms with van der Waals surface area (Å²) in [6, 6.07) is 0. The molecule has 0 aromatic rings. The van der Waals surface area contributed by atoms with Crippen LogP contribution in [0.5, 0.6) is 0 Å². The Kier molecular flexibility index (Phi) is 3.57. The lowest BCUT2D eigenvalue weighted by Gasteiger charge is -2.27. The van der Waals surface area contributed by atoms with Crippen LogP contribution < -0.4 is 5.73 Å². The van der Waals surface area contributed by atoms with Gasteiger partial charge in [-0.1, -0.05) is 26.2 Å². The van der Waals surface area contributed by atoms with Crippen molar-refractivity contribution in [1.82, 2.24) is 0 Å². The topological polar surface area (TPSA) is 43.1 Å². The van der Waals surface area contributed by atoms with Crippen LogP contribution in [0.1, 0.15) is 45.4 Å². The molecule has 0 radical (unpaired) electrons. The second-order valence-corrected chi connectivity index (χ2v) is 3.82. The number of hydrogen-bond acceptors (Lipinski definition) is 1. The maximum Gasteiger partial charge on any atom is 0.220 e. The van der Waals surface area contributed by atoms with E-state index < -0.39 is 0 Å². The highest BCUT2D eigenvalue weighted by Crippen LogP contribution is 2.31. The molecule has 1 saturated carbocycles. The third kappa shape index (κ3) is 2.23. The molecule has 0 aliphatic heterocycles. The Labute approximate surface area is 74.5 Å². The molecular weight excluding hydrogens is 150 g/mol. The summed E-state index contributed by atoms with van der Waals surface area (Å²) >= 11 is 0. The molecule has 2 heteroatoms. The smallest absolute Gasteiger partial charge is 0.220 e. The molecule has 0 bridgehead atoms. The van der Waals surface area contributed by atoms with Gasteiger partial charge in [-0.15, -0.1) is 0 Å². The number of hydrogen-bond donors (Lipinski definition) is 1. The van der Waals surface area contributed by atoms with E-state index in [0.717, 1.165) is 6.42 Å². The molecule has 1 fully saturated rings. The number of carbonyl (C=O) groups excluding carboxylic acids is 1. The average molecular weight is 169 g/mol. The van der Waals surface area contributed by atoms with Gasteiger partial charge in [0.05, 0.1) is 0 Å². The highest BCUT2D eigenvalue weighted by atomic mass is 16.1. The van der Waals surface area contributed by atoms with E-state index in [1.54, 1.807) is 0 Å². The maximum absolute atomic E-state index is 11.1. The van der Waals surface area contributed by atoms with Gasteiger partial charge in [-0.3, -0.25) is 4.79 Å². The summed E-state index contributed by atoms with van der Waals surface area (Å²) in [7, 11) is 0. The molecule has 12 heavy (non-hydrogen) atoms. The summed E-state index contributed by atoms with van der Waals surface area (Å²) in [5.74, 6) is 0.635. The van der Waals surface area contributed by atoms with Crippen LogP contribution in [0, 0.1) is 11.8 Å². The lowest BCUT2D eigenvalue weighted by atomic mass is 9.78. The molecule has 0 saturated heterocycles. The van der Waals surface area contributed by atoms with E-state index in [1.807, 2.05) is 0 Å². The Hall–Kier alpha value is -0.530. The number of nitrogens with two attached hydrogens (primary N) is 1. The van der Waals surface area contributed by atoms with Crippen molar-refractivity contribution in [2.75, 3.05) is 0 Å². The van der Waals surface area contributed by atoms with Crippen LogP contribution in [-0.4, -0.2) is 5.91 Å². The molecule has 1 amide bonds. The number of rotatable bonds is 3. The molecule has 0 aromatic carbocycles. The van der Waals surface area contributed by atoms with Crippen LogP contribution >= 0.6 is 0 Å². The number of amides is 1. The van der Waals surface area contributed by atoms with Gasteiger partial charge in [0, 0.05) is 5.92 Å². The fourth-order valence-corrected chi connectivity index (χ4v) is 2.30. The molecule has 0 heterocycles. The number of primary amides is 1. The van der Waals surface area contributed by atoms with E-state index in [2.05, 4.69) is 6.92 Å². The summed E-state index contributed by atoms with van der Waals surface area (Å²) in [4.78, 5) is 11.1. The Balaban J connectivity index is 2.46. The van der Waals surface area contributed by atoms with Crippen LogP contribution in [0.15, 0.2) is 0 Å². The molecule has 1 atom stereocenters. The van der Waals surface area contributed by atoms with Crippen molar-refractivity contribution in [3.05, 3.63) is 0 Å². The normalized spacial score (nSPS) is 22.1. The molecule has 2 N–H and O–H groups in total. The minimum absolute atomic E-state index is 0.0931. The summed E-state index contributed by atoms with van der Waals surface area (Å²) in [5.41, 5.74) is 5.34. The van der Waals surface area contributed by atoms with Crippen molar-refractivity contribution in [2.24, 2.45) is 17.6 Å². The van der Waals surface area contributed by atoms with Crippen LogP contribution in [0.4, 0.5) is 0 Å². The largest absolute Gasteiger partial charge is 0.369 e. The lowest BCUT2D eigenvalue weighted by Crippen LogP contribution is -2.30. The van der Waals surface area contributed by atoms with Crippen LogP contribution in [0.2, 0.25) is 0 Å². The summed E-state index contributed by atoms with van der Waals surface area (Å²) in [6.45, 7) is 2.06. The average Bonchev–Trinajstić information content (AvgIpc) is 2.07. The third-order valence-corrected chi connectivity index (χ3v) is 3.02. The van der Waals surface area contributed by atoms with Crippen LogP contribution in [0.25, 0.3) is 0 Å². The Morgan fingerprint density at radius 1 is 1.42 bits per heavy atom. The monoisotopic (exact) mass is 169 g/mol. The molecular formula is C10H19NO. The predicted molar refractivity (Wildman–Crippen MR) is 49.6 cm³/mol. The first-order valence-electron chi connectivity index (χ1n) is 5.05. The molecule has 0 unspecified atom stereocenters. The van der Waals surface area contributed by atoms with Gasteiger partial charge in [-0.25, -0.2) is 0 Å². The molecule has 2 nitrogen and oxygen atoms in total. The van der Waals surface area contributed by atoms with Crippen LogP contribution in [-0.2, 0) is 4.79 Å².